The molecule has 1 aromatic rings. The summed E-state index contributed by atoms with van der Waals surface area (Å²) in [5.74, 6) is -0.749. The highest BCUT2D eigenvalue weighted by atomic mass is 19.1. The van der Waals surface area contributed by atoms with E-state index in [1.807, 2.05) is 13.8 Å². The van der Waals surface area contributed by atoms with E-state index in [0.717, 1.165) is 6.42 Å². The Morgan fingerprint density at radius 1 is 1.35 bits per heavy atom. The molecular formula is C15H21FN2O2. The van der Waals surface area contributed by atoms with Crippen molar-refractivity contribution in [1.29, 1.82) is 0 Å². The maximum absolute atomic E-state index is 12.9. The lowest BCUT2D eigenvalue weighted by Crippen LogP contribution is -2.35. The van der Waals surface area contributed by atoms with E-state index >= 15 is 0 Å². The molecule has 0 saturated carbocycles. The standard InChI is InChI=1S/C15H21FN2O2/c1-4-11(3)18-14(19)7-8-17-15(20)13-6-5-12(16)9-10(13)2/h5-6,9,11H,4,7-8H2,1-3H3,(H,17,20)(H,18,19). The Kier molecular flexibility index (Phi) is 6.15. The van der Waals surface area contributed by atoms with Gasteiger partial charge < -0.3 is 10.6 Å². The Hall–Kier alpha value is -1.91. The SMILES string of the molecule is CCC(C)NC(=O)CCNC(=O)c1ccc(F)cc1C. The van der Waals surface area contributed by atoms with Gasteiger partial charge in [-0.1, -0.05) is 6.92 Å². The van der Waals surface area contributed by atoms with E-state index in [2.05, 4.69) is 10.6 Å². The highest BCUT2D eigenvalue weighted by Gasteiger charge is 2.10. The third kappa shape index (κ3) is 4.99. The number of halogens is 1. The average molecular weight is 280 g/mol. The molecule has 1 unspecified atom stereocenters. The van der Waals surface area contributed by atoms with E-state index in [9.17, 15) is 14.0 Å². The van der Waals surface area contributed by atoms with Gasteiger partial charge in [-0.15, -0.1) is 0 Å². The van der Waals surface area contributed by atoms with Gasteiger partial charge >= 0.3 is 0 Å². The molecule has 0 spiro atoms. The van der Waals surface area contributed by atoms with Gasteiger partial charge in [-0.2, -0.15) is 0 Å². The molecule has 0 aliphatic carbocycles. The molecule has 4 nitrogen and oxygen atoms in total. The second kappa shape index (κ2) is 7.62. The molecule has 5 heteroatoms. The molecule has 0 aliphatic heterocycles. The predicted octanol–water partition coefficient (Wildman–Crippen LogP) is 2.17. The summed E-state index contributed by atoms with van der Waals surface area (Å²) < 4.78 is 12.9. The van der Waals surface area contributed by atoms with E-state index in [0.29, 0.717) is 11.1 Å². The summed E-state index contributed by atoms with van der Waals surface area (Å²) in [6.45, 7) is 5.86. The second-order valence-corrected chi connectivity index (χ2v) is 4.84. The molecule has 0 heterocycles. The molecule has 0 saturated heterocycles. The normalized spacial score (nSPS) is 11.8. The molecule has 2 amide bonds. The quantitative estimate of drug-likeness (QED) is 0.839. The van der Waals surface area contributed by atoms with Gasteiger partial charge in [0.1, 0.15) is 5.82 Å². The van der Waals surface area contributed by atoms with Crippen LogP contribution in [0, 0.1) is 12.7 Å². The van der Waals surface area contributed by atoms with Gasteiger partial charge in [-0.05, 0) is 44.0 Å². The van der Waals surface area contributed by atoms with Crippen molar-refractivity contribution in [3.05, 3.63) is 35.1 Å². The van der Waals surface area contributed by atoms with Gasteiger partial charge in [-0.25, -0.2) is 4.39 Å². The summed E-state index contributed by atoms with van der Waals surface area (Å²) >= 11 is 0. The van der Waals surface area contributed by atoms with Crippen LogP contribution in [0.4, 0.5) is 4.39 Å². The number of nitrogens with one attached hydrogen (secondary N) is 2. The minimum Gasteiger partial charge on any atom is -0.354 e. The number of benzene rings is 1. The minimum absolute atomic E-state index is 0.0875. The van der Waals surface area contributed by atoms with Crippen LogP contribution in [0.3, 0.4) is 0 Å². The van der Waals surface area contributed by atoms with Gasteiger partial charge in [0.05, 0.1) is 0 Å². The first-order valence-electron chi connectivity index (χ1n) is 6.77. The number of rotatable bonds is 6. The van der Waals surface area contributed by atoms with E-state index < -0.39 is 0 Å². The first-order chi connectivity index (χ1) is 9.43. The molecule has 2 N–H and O–H groups in total. The second-order valence-electron chi connectivity index (χ2n) is 4.84. The Morgan fingerprint density at radius 3 is 2.65 bits per heavy atom. The van der Waals surface area contributed by atoms with Gasteiger partial charge in [0, 0.05) is 24.6 Å². The van der Waals surface area contributed by atoms with Crippen molar-refractivity contribution in [3.63, 3.8) is 0 Å². The van der Waals surface area contributed by atoms with Crippen LogP contribution in [-0.4, -0.2) is 24.4 Å². The smallest absolute Gasteiger partial charge is 0.251 e. The Bertz CT molecular complexity index is 489. The van der Waals surface area contributed by atoms with E-state index in [1.165, 1.54) is 18.2 Å². The number of aryl methyl sites for hydroxylation is 1. The molecular weight excluding hydrogens is 259 g/mol. The highest BCUT2D eigenvalue weighted by molar-refractivity contribution is 5.95. The van der Waals surface area contributed by atoms with Crippen molar-refractivity contribution in [2.75, 3.05) is 6.54 Å². The largest absolute Gasteiger partial charge is 0.354 e. The maximum Gasteiger partial charge on any atom is 0.251 e. The van der Waals surface area contributed by atoms with Crippen LogP contribution in [0.1, 0.15) is 42.6 Å². The summed E-state index contributed by atoms with van der Waals surface area (Å²) in [6, 6.07) is 4.14. The predicted molar refractivity (Wildman–Crippen MR) is 76.0 cm³/mol. The van der Waals surface area contributed by atoms with Crippen LogP contribution in [0.15, 0.2) is 18.2 Å². The molecule has 0 radical (unpaired) electrons. The van der Waals surface area contributed by atoms with Crippen molar-refractivity contribution < 1.29 is 14.0 Å². The van der Waals surface area contributed by atoms with Crippen LogP contribution >= 0.6 is 0 Å². The van der Waals surface area contributed by atoms with Crippen molar-refractivity contribution in [3.8, 4) is 0 Å². The fraction of sp³-hybridized carbons (Fsp3) is 0.467. The molecule has 0 bridgehead atoms. The molecule has 1 atom stereocenters. The Labute approximate surface area is 118 Å². The zero-order chi connectivity index (χ0) is 15.1. The highest BCUT2D eigenvalue weighted by Crippen LogP contribution is 2.09. The van der Waals surface area contributed by atoms with Crippen LogP contribution in [0.25, 0.3) is 0 Å². The van der Waals surface area contributed by atoms with E-state index in [4.69, 9.17) is 0 Å². The zero-order valence-electron chi connectivity index (χ0n) is 12.1. The third-order valence-corrected chi connectivity index (χ3v) is 3.09. The van der Waals surface area contributed by atoms with Crippen molar-refractivity contribution in [2.24, 2.45) is 0 Å². The van der Waals surface area contributed by atoms with Gasteiger partial charge in [0.15, 0.2) is 0 Å². The zero-order valence-corrected chi connectivity index (χ0v) is 12.1. The van der Waals surface area contributed by atoms with E-state index in [1.54, 1.807) is 6.92 Å². The van der Waals surface area contributed by atoms with Crippen LogP contribution in [-0.2, 0) is 4.79 Å². The molecule has 0 aromatic heterocycles. The molecule has 1 rings (SSSR count). The van der Waals surface area contributed by atoms with Crippen molar-refractivity contribution >= 4 is 11.8 Å². The minimum atomic E-state index is -0.369. The number of hydrogen-bond acceptors (Lipinski definition) is 2. The first kappa shape index (κ1) is 16.1. The summed E-state index contributed by atoms with van der Waals surface area (Å²) in [6.07, 6.45) is 1.10. The molecule has 0 fully saturated rings. The fourth-order valence-corrected chi connectivity index (χ4v) is 1.72. The van der Waals surface area contributed by atoms with E-state index in [-0.39, 0.29) is 36.6 Å². The molecule has 110 valence electrons. The van der Waals surface area contributed by atoms with Gasteiger partial charge in [-0.3, -0.25) is 9.59 Å². The fourth-order valence-electron chi connectivity index (χ4n) is 1.72. The first-order valence-corrected chi connectivity index (χ1v) is 6.77. The van der Waals surface area contributed by atoms with Crippen LogP contribution in [0.5, 0.6) is 0 Å². The van der Waals surface area contributed by atoms with Crippen LogP contribution in [0.2, 0.25) is 0 Å². The Morgan fingerprint density at radius 2 is 2.05 bits per heavy atom. The van der Waals surface area contributed by atoms with Gasteiger partial charge in [0.25, 0.3) is 5.91 Å². The number of carbonyl (C=O) groups is 2. The number of amides is 2. The maximum atomic E-state index is 12.9. The van der Waals surface area contributed by atoms with Crippen molar-refractivity contribution in [1.82, 2.24) is 10.6 Å². The summed E-state index contributed by atoms with van der Waals surface area (Å²) in [5.41, 5.74) is 1.00. The monoisotopic (exact) mass is 280 g/mol. The Balaban J connectivity index is 2.42. The van der Waals surface area contributed by atoms with Crippen molar-refractivity contribution in [2.45, 2.75) is 39.7 Å². The summed E-state index contributed by atoms with van der Waals surface area (Å²) in [7, 11) is 0. The summed E-state index contributed by atoms with van der Waals surface area (Å²) in [4.78, 5) is 23.4. The molecule has 20 heavy (non-hydrogen) atoms. The lowest BCUT2D eigenvalue weighted by Gasteiger charge is -2.12. The number of carbonyl (C=O) groups excluding carboxylic acids is 2. The molecule has 1 aromatic carbocycles. The lowest BCUT2D eigenvalue weighted by molar-refractivity contribution is -0.121. The van der Waals surface area contributed by atoms with Crippen LogP contribution < -0.4 is 10.6 Å². The molecule has 0 aliphatic rings. The topological polar surface area (TPSA) is 58.2 Å². The van der Waals surface area contributed by atoms with Gasteiger partial charge in [0.2, 0.25) is 5.91 Å². The lowest BCUT2D eigenvalue weighted by atomic mass is 10.1. The average Bonchev–Trinajstić information content (AvgIpc) is 2.38. The third-order valence-electron chi connectivity index (χ3n) is 3.09. The number of hydrogen-bond donors (Lipinski definition) is 2. The summed E-state index contributed by atoms with van der Waals surface area (Å²) in [5, 5.41) is 5.48.